The minimum Gasteiger partial charge on any atom is -0.361 e. The van der Waals surface area contributed by atoms with Gasteiger partial charge in [-0.05, 0) is 24.4 Å². The van der Waals surface area contributed by atoms with Crippen molar-refractivity contribution in [1.29, 1.82) is 0 Å². The summed E-state index contributed by atoms with van der Waals surface area (Å²) in [5, 5.41) is 13.5. The zero-order valence-corrected chi connectivity index (χ0v) is 15.4. The minimum absolute atomic E-state index is 0.0186. The fourth-order valence-corrected chi connectivity index (χ4v) is 3.99. The Morgan fingerprint density at radius 2 is 2.38 bits per heavy atom. The highest BCUT2D eigenvalue weighted by Gasteiger charge is 2.27. The van der Waals surface area contributed by atoms with Gasteiger partial charge in [0, 0.05) is 36.8 Å². The zero-order chi connectivity index (χ0) is 17.9. The van der Waals surface area contributed by atoms with E-state index in [2.05, 4.69) is 20.5 Å². The van der Waals surface area contributed by atoms with E-state index in [-0.39, 0.29) is 11.9 Å². The van der Waals surface area contributed by atoms with E-state index >= 15 is 0 Å². The van der Waals surface area contributed by atoms with Gasteiger partial charge in [0.2, 0.25) is 5.91 Å². The van der Waals surface area contributed by atoms with Crippen molar-refractivity contribution >= 4 is 17.2 Å². The number of fused-ring (bicyclic) bond motifs is 1. The first-order valence-electron chi connectivity index (χ1n) is 8.63. The lowest BCUT2D eigenvalue weighted by molar-refractivity contribution is -0.122. The van der Waals surface area contributed by atoms with E-state index in [9.17, 15) is 4.79 Å². The first-order valence-corrected chi connectivity index (χ1v) is 9.51. The number of rotatable bonds is 6. The lowest BCUT2D eigenvalue weighted by Crippen LogP contribution is -2.39. The molecule has 0 radical (unpaired) electrons. The summed E-state index contributed by atoms with van der Waals surface area (Å²) >= 11 is 1.65. The van der Waals surface area contributed by atoms with Gasteiger partial charge in [-0.1, -0.05) is 11.2 Å². The van der Waals surface area contributed by atoms with Crippen LogP contribution in [0, 0.1) is 6.92 Å². The molecule has 0 saturated carbocycles. The van der Waals surface area contributed by atoms with Crippen molar-refractivity contribution in [2.45, 2.75) is 39.0 Å². The van der Waals surface area contributed by atoms with Gasteiger partial charge in [0.25, 0.3) is 0 Å². The molecule has 3 aromatic heterocycles. The van der Waals surface area contributed by atoms with Crippen molar-refractivity contribution in [3.05, 3.63) is 57.9 Å². The molecule has 7 nitrogen and oxygen atoms in total. The Kier molecular flexibility index (Phi) is 4.85. The molecule has 136 valence electrons. The van der Waals surface area contributed by atoms with Gasteiger partial charge >= 0.3 is 0 Å². The fraction of sp³-hybridized carbons (Fsp3) is 0.389. The Bertz CT molecular complexity index is 870. The maximum absolute atomic E-state index is 12.4. The van der Waals surface area contributed by atoms with Crippen molar-refractivity contribution < 1.29 is 9.32 Å². The number of amides is 1. The van der Waals surface area contributed by atoms with Crippen molar-refractivity contribution in [3.8, 4) is 0 Å². The second-order valence-corrected chi connectivity index (χ2v) is 7.61. The molecule has 26 heavy (non-hydrogen) atoms. The van der Waals surface area contributed by atoms with E-state index in [0.717, 1.165) is 35.1 Å². The number of hydrogen-bond acceptors (Lipinski definition) is 6. The predicted molar refractivity (Wildman–Crippen MR) is 97.4 cm³/mol. The topological polar surface area (TPSA) is 76.2 Å². The molecule has 0 aliphatic carbocycles. The predicted octanol–water partition coefficient (Wildman–Crippen LogP) is 2.50. The summed E-state index contributed by atoms with van der Waals surface area (Å²) in [4.78, 5) is 15.9. The second-order valence-electron chi connectivity index (χ2n) is 6.58. The van der Waals surface area contributed by atoms with Crippen LogP contribution in [0.25, 0.3) is 0 Å². The SMILES string of the molecule is Cc1cc(CN2Cc3ccnn3C(CC(=O)NCc3cccs3)C2)no1. The summed E-state index contributed by atoms with van der Waals surface area (Å²) in [5.41, 5.74) is 2.03. The van der Waals surface area contributed by atoms with Gasteiger partial charge in [0.1, 0.15) is 5.76 Å². The molecule has 0 fully saturated rings. The number of aromatic nitrogens is 3. The summed E-state index contributed by atoms with van der Waals surface area (Å²) < 4.78 is 7.14. The van der Waals surface area contributed by atoms with E-state index in [1.165, 1.54) is 0 Å². The van der Waals surface area contributed by atoms with Crippen LogP contribution >= 0.6 is 11.3 Å². The van der Waals surface area contributed by atoms with Gasteiger partial charge in [-0.3, -0.25) is 14.4 Å². The Hall–Kier alpha value is -2.45. The van der Waals surface area contributed by atoms with Crippen LogP contribution in [0.4, 0.5) is 0 Å². The van der Waals surface area contributed by atoms with Gasteiger partial charge in [-0.2, -0.15) is 5.10 Å². The third-order valence-electron chi connectivity index (χ3n) is 4.48. The molecule has 4 rings (SSSR count). The lowest BCUT2D eigenvalue weighted by Gasteiger charge is -2.33. The third-order valence-corrected chi connectivity index (χ3v) is 5.35. The molecular weight excluding hydrogens is 350 g/mol. The number of thiophene rings is 1. The number of carbonyl (C=O) groups is 1. The zero-order valence-electron chi connectivity index (χ0n) is 14.6. The molecule has 0 aromatic carbocycles. The smallest absolute Gasteiger partial charge is 0.222 e. The molecule has 1 unspecified atom stereocenters. The molecule has 1 N–H and O–H groups in total. The van der Waals surface area contributed by atoms with E-state index in [0.29, 0.717) is 19.5 Å². The number of hydrogen-bond donors (Lipinski definition) is 1. The number of carbonyl (C=O) groups excluding carboxylic acids is 1. The third kappa shape index (κ3) is 3.86. The standard InChI is InChI=1S/C18H21N5O2S/c1-13-7-14(21-25-13)10-22-11-15-4-5-20-23(15)16(12-22)8-18(24)19-9-17-3-2-6-26-17/h2-7,16H,8-12H2,1H3,(H,19,24). The molecular formula is C18H21N5O2S. The number of nitrogens with one attached hydrogen (secondary N) is 1. The van der Waals surface area contributed by atoms with E-state index in [1.807, 2.05) is 41.3 Å². The molecule has 0 saturated heterocycles. The van der Waals surface area contributed by atoms with Crippen LogP contribution < -0.4 is 5.32 Å². The lowest BCUT2D eigenvalue weighted by atomic mass is 10.1. The summed E-state index contributed by atoms with van der Waals surface area (Å²) in [5.74, 6) is 0.857. The number of aryl methyl sites for hydroxylation is 1. The van der Waals surface area contributed by atoms with Gasteiger partial charge in [-0.15, -0.1) is 11.3 Å². The van der Waals surface area contributed by atoms with E-state index in [4.69, 9.17) is 4.52 Å². The fourth-order valence-electron chi connectivity index (χ4n) is 3.34. The quantitative estimate of drug-likeness (QED) is 0.720. The highest BCUT2D eigenvalue weighted by Crippen LogP contribution is 2.24. The van der Waals surface area contributed by atoms with Crippen LogP contribution in [0.2, 0.25) is 0 Å². The van der Waals surface area contributed by atoms with Crippen LogP contribution in [-0.2, 0) is 24.4 Å². The molecule has 1 aliphatic heterocycles. The highest BCUT2D eigenvalue weighted by atomic mass is 32.1. The average Bonchev–Trinajstić information content (AvgIpc) is 3.35. The van der Waals surface area contributed by atoms with Crippen molar-refractivity contribution in [2.24, 2.45) is 0 Å². The molecule has 0 bridgehead atoms. The van der Waals surface area contributed by atoms with Gasteiger partial charge in [0.15, 0.2) is 0 Å². The maximum Gasteiger partial charge on any atom is 0.222 e. The van der Waals surface area contributed by atoms with Crippen LogP contribution in [0.15, 0.2) is 40.4 Å². The Labute approximate surface area is 155 Å². The summed E-state index contributed by atoms with van der Waals surface area (Å²) in [6.07, 6.45) is 2.21. The van der Waals surface area contributed by atoms with Crippen LogP contribution in [0.5, 0.6) is 0 Å². The van der Waals surface area contributed by atoms with Gasteiger partial charge < -0.3 is 9.84 Å². The summed E-state index contributed by atoms with van der Waals surface area (Å²) in [6, 6.07) is 8.00. The first-order chi connectivity index (χ1) is 12.7. The molecule has 3 aromatic rings. The van der Waals surface area contributed by atoms with Gasteiger partial charge in [0.05, 0.1) is 30.4 Å². The Morgan fingerprint density at radius 1 is 1.46 bits per heavy atom. The van der Waals surface area contributed by atoms with Crippen LogP contribution in [0.1, 0.15) is 34.5 Å². The summed E-state index contributed by atoms with van der Waals surface area (Å²) in [7, 11) is 0. The van der Waals surface area contributed by atoms with Crippen molar-refractivity contribution in [3.63, 3.8) is 0 Å². The molecule has 8 heteroatoms. The Morgan fingerprint density at radius 3 is 3.15 bits per heavy atom. The first kappa shape index (κ1) is 17.0. The molecule has 1 amide bonds. The molecule has 4 heterocycles. The second kappa shape index (κ2) is 7.43. The van der Waals surface area contributed by atoms with Crippen LogP contribution in [-0.4, -0.2) is 32.3 Å². The Balaban J connectivity index is 1.40. The molecule has 1 atom stereocenters. The molecule has 1 aliphatic rings. The van der Waals surface area contributed by atoms with Gasteiger partial charge in [-0.25, -0.2) is 0 Å². The highest BCUT2D eigenvalue weighted by molar-refractivity contribution is 7.09. The largest absolute Gasteiger partial charge is 0.361 e. The normalized spacial score (nSPS) is 17.2. The van der Waals surface area contributed by atoms with E-state index < -0.39 is 0 Å². The van der Waals surface area contributed by atoms with Crippen LogP contribution in [0.3, 0.4) is 0 Å². The van der Waals surface area contributed by atoms with Crippen molar-refractivity contribution in [2.75, 3.05) is 6.54 Å². The summed E-state index contributed by atoms with van der Waals surface area (Å²) in [6.45, 7) is 4.72. The van der Waals surface area contributed by atoms with Crippen molar-refractivity contribution in [1.82, 2.24) is 25.2 Å². The van der Waals surface area contributed by atoms with E-state index in [1.54, 1.807) is 17.5 Å². The average molecular weight is 371 g/mol. The number of nitrogens with zero attached hydrogens (tertiary/aromatic N) is 4. The monoisotopic (exact) mass is 371 g/mol. The molecule has 0 spiro atoms. The minimum atomic E-state index is 0.0186. The maximum atomic E-state index is 12.4.